The van der Waals surface area contributed by atoms with E-state index in [1.807, 2.05) is 0 Å². The first-order valence-electron chi connectivity index (χ1n) is 3.60. The molecule has 0 radical (unpaired) electrons. The van der Waals surface area contributed by atoms with Crippen molar-refractivity contribution in [2.24, 2.45) is 5.73 Å². The van der Waals surface area contributed by atoms with Crippen molar-refractivity contribution in [2.75, 3.05) is 6.54 Å². The average Bonchev–Trinajstić information content (AvgIpc) is 1.94. The van der Waals surface area contributed by atoms with Gasteiger partial charge in [-0.2, -0.15) is 0 Å². The van der Waals surface area contributed by atoms with E-state index >= 15 is 0 Å². The summed E-state index contributed by atoms with van der Waals surface area (Å²) in [5.74, 6) is -2.64. The van der Waals surface area contributed by atoms with Crippen LogP contribution in [0.3, 0.4) is 0 Å². The van der Waals surface area contributed by atoms with Crippen molar-refractivity contribution < 1.29 is 8.78 Å². The van der Waals surface area contributed by atoms with Crippen LogP contribution in [0.2, 0.25) is 0 Å². The van der Waals surface area contributed by atoms with Crippen LogP contribution in [0.4, 0.5) is 8.78 Å². The predicted octanol–water partition coefficient (Wildman–Crippen LogP) is 1.86. The Hall–Kier alpha value is -0.700. The number of hydrogen-bond acceptors (Lipinski definition) is 1. The van der Waals surface area contributed by atoms with Crippen LogP contribution < -0.4 is 5.73 Å². The van der Waals surface area contributed by atoms with E-state index in [1.165, 1.54) is 6.08 Å². The van der Waals surface area contributed by atoms with Gasteiger partial charge in [0.05, 0.1) is 0 Å². The van der Waals surface area contributed by atoms with Crippen molar-refractivity contribution in [3.63, 3.8) is 0 Å². The fraction of sp³-hybridized carbons (Fsp3) is 0.500. The van der Waals surface area contributed by atoms with Crippen LogP contribution in [0.15, 0.2) is 23.8 Å². The maximum atomic E-state index is 12.5. The van der Waals surface area contributed by atoms with Gasteiger partial charge in [0.15, 0.2) is 0 Å². The second-order valence-electron chi connectivity index (χ2n) is 2.62. The van der Waals surface area contributed by atoms with Gasteiger partial charge in [-0.05, 0) is 19.0 Å². The quantitative estimate of drug-likeness (QED) is 0.653. The SMILES string of the molecule is NCCC1=CCC(F)(F)C=C1. The number of rotatable bonds is 2. The van der Waals surface area contributed by atoms with Gasteiger partial charge in [0.25, 0.3) is 5.92 Å². The lowest BCUT2D eigenvalue weighted by Gasteiger charge is -2.14. The first-order valence-corrected chi connectivity index (χ1v) is 3.60. The number of nitrogens with two attached hydrogens (primary N) is 1. The summed E-state index contributed by atoms with van der Waals surface area (Å²) < 4.78 is 24.9. The molecule has 62 valence electrons. The summed E-state index contributed by atoms with van der Waals surface area (Å²) in [7, 11) is 0. The van der Waals surface area contributed by atoms with Crippen molar-refractivity contribution in [3.05, 3.63) is 23.8 Å². The first-order chi connectivity index (χ1) is 5.14. The topological polar surface area (TPSA) is 26.0 Å². The molecule has 0 saturated heterocycles. The summed E-state index contributed by atoms with van der Waals surface area (Å²) >= 11 is 0. The van der Waals surface area contributed by atoms with E-state index in [9.17, 15) is 8.78 Å². The van der Waals surface area contributed by atoms with E-state index in [-0.39, 0.29) is 6.42 Å². The zero-order valence-electron chi connectivity index (χ0n) is 6.19. The van der Waals surface area contributed by atoms with Crippen molar-refractivity contribution in [2.45, 2.75) is 18.8 Å². The van der Waals surface area contributed by atoms with Crippen LogP contribution in [0.25, 0.3) is 0 Å². The molecule has 0 bridgehead atoms. The maximum Gasteiger partial charge on any atom is 0.270 e. The van der Waals surface area contributed by atoms with Gasteiger partial charge in [-0.15, -0.1) is 0 Å². The van der Waals surface area contributed by atoms with Crippen molar-refractivity contribution in [3.8, 4) is 0 Å². The molecule has 0 spiro atoms. The van der Waals surface area contributed by atoms with Crippen LogP contribution in [-0.2, 0) is 0 Å². The Morgan fingerprint density at radius 1 is 1.55 bits per heavy atom. The molecular formula is C8H11F2N. The number of allylic oxidation sites excluding steroid dienone is 3. The molecule has 1 rings (SSSR count). The third kappa shape index (κ3) is 2.42. The number of alkyl halides is 2. The van der Waals surface area contributed by atoms with Crippen LogP contribution in [0, 0.1) is 0 Å². The molecule has 11 heavy (non-hydrogen) atoms. The van der Waals surface area contributed by atoms with E-state index in [1.54, 1.807) is 6.08 Å². The Morgan fingerprint density at radius 2 is 2.27 bits per heavy atom. The van der Waals surface area contributed by atoms with Gasteiger partial charge in [0, 0.05) is 6.42 Å². The summed E-state index contributed by atoms with van der Waals surface area (Å²) in [6.45, 7) is 0.516. The Kier molecular flexibility index (Phi) is 2.39. The Bertz CT molecular complexity index is 194. The van der Waals surface area contributed by atoms with Gasteiger partial charge in [-0.3, -0.25) is 0 Å². The molecule has 1 aliphatic rings. The second kappa shape index (κ2) is 3.13. The molecule has 0 aliphatic heterocycles. The lowest BCUT2D eigenvalue weighted by molar-refractivity contribution is 0.0570. The molecule has 0 unspecified atom stereocenters. The minimum Gasteiger partial charge on any atom is -0.330 e. The maximum absolute atomic E-state index is 12.5. The summed E-state index contributed by atoms with van der Waals surface area (Å²) in [5, 5.41) is 0. The van der Waals surface area contributed by atoms with Crippen molar-refractivity contribution in [1.29, 1.82) is 0 Å². The zero-order chi connectivity index (χ0) is 8.32. The summed E-state index contributed by atoms with van der Waals surface area (Å²) in [4.78, 5) is 0. The number of hydrogen-bond donors (Lipinski definition) is 1. The largest absolute Gasteiger partial charge is 0.330 e. The highest BCUT2D eigenvalue weighted by molar-refractivity contribution is 5.26. The third-order valence-corrected chi connectivity index (χ3v) is 1.61. The molecule has 0 heterocycles. The molecule has 0 aromatic rings. The fourth-order valence-corrected chi connectivity index (χ4v) is 0.984. The highest BCUT2D eigenvalue weighted by atomic mass is 19.3. The van der Waals surface area contributed by atoms with Crippen LogP contribution in [0.5, 0.6) is 0 Å². The van der Waals surface area contributed by atoms with Gasteiger partial charge in [-0.25, -0.2) is 8.78 Å². The molecule has 3 heteroatoms. The van der Waals surface area contributed by atoms with E-state index in [0.717, 1.165) is 11.6 Å². The molecule has 0 aromatic heterocycles. The molecule has 0 amide bonds. The predicted molar refractivity (Wildman–Crippen MR) is 40.5 cm³/mol. The lowest BCUT2D eigenvalue weighted by atomic mass is 10.0. The molecule has 1 aliphatic carbocycles. The Morgan fingerprint density at radius 3 is 2.73 bits per heavy atom. The molecule has 2 N–H and O–H groups in total. The van der Waals surface area contributed by atoms with Crippen LogP contribution in [0.1, 0.15) is 12.8 Å². The molecule has 0 saturated carbocycles. The smallest absolute Gasteiger partial charge is 0.270 e. The minimum absolute atomic E-state index is 0.182. The molecular weight excluding hydrogens is 148 g/mol. The van der Waals surface area contributed by atoms with Gasteiger partial charge in [0.2, 0.25) is 0 Å². The minimum atomic E-state index is -2.64. The van der Waals surface area contributed by atoms with Gasteiger partial charge < -0.3 is 5.73 Å². The molecule has 0 fully saturated rings. The van der Waals surface area contributed by atoms with E-state index < -0.39 is 5.92 Å². The summed E-state index contributed by atoms with van der Waals surface area (Å²) in [6, 6.07) is 0. The van der Waals surface area contributed by atoms with Crippen LogP contribution >= 0.6 is 0 Å². The van der Waals surface area contributed by atoms with E-state index in [0.29, 0.717) is 13.0 Å². The van der Waals surface area contributed by atoms with Crippen LogP contribution in [-0.4, -0.2) is 12.5 Å². The van der Waals surface area contributed by atoms with Gasteiger partial charge in [0.1, 0.15) is 0 Å². The normalized spacial score (nSPS) is 21.5. The monoisotopic (exact) mass is 159 g/mol. The van der Waals surface area contributed by atoms with E-state index in [2.05, 4.69) is 0 Å². The highest BCUT2D eigenvalue weighted by Gasteiger charge is 2.25. The molecule has 0 aromatic carbocycles. The third-order valence-electron chi connectivity index (χ3n) is 1.61. The lowest BCUT2D eigenvalue weighted by Crippen LogP contribution is -2.14. The molecule has 1 nitrogen and oxygen atoms in total. The van der Waals surface area contributed by atoms with Crippen molar-refractivity contribution >= 4 is 0 Å². The zero-order valence-corrected chi connectivity index (χ0v) is 6.19. The fourth-order valence-electron chi connectivity index (χ4n) is 0.984. The first kappa shape index (κ1) is 8.40. The number of halogens is 2. The average molecular weight is 159 g/mol. The Balaban J connectivity index is 2.53. The van der Waals surface area contributed by atoms with Gasteiger partial charge in [-0.1, -0.05) is 17.7 Å². The van der Waals surface area contributed by atoms with E-state index in [4.69, 9.17) is 5.73 Å². The standard InChI is InChI=1S/C8H11F2N/c9-8(10)4-1-7(2-5-8)3-6-11/h1-2,4H,3,5-6,11H2. The highest BCUT2D eigenvalue weighted by Crippen LogP contribution is 2.26. The molecule has 0 atom stereocenters. The second-order valence-corrected chi connectivity index (χ2v) is 2.62. The van der Waals surface area contributed by atoms with Crippen molar-refractivity contribution in [1.82, 2.24) is 0 Å². The summed E-state index contributed by atoms with van der Waals surface area (Å²) in [5.41, 5.74) is 6.18. The summed E-state index contributed by atoms with van der Waals surface area (Å²) in [6.07, 6.45) is 4.45. The Labute approximate surface area is 64.6 Å². The van der Waals surface area contributed by atoms with Gasteiger partial charge >= 0.3 is 0 Å².